The molecular weight excluding hydrogens is 214 g/mol. The molecule has 0 amide bonds. The van der Waals surface area contributed by atoms with Gasteiger partial charge < -0.3 is 5.73 Å². The van der Waals surface area contributed by atoms with Crippen molar-refractivity contribution in [3.63, 3.8) is 0 Å². The van der Waals surface area contributed by atoms with Crippen molar-refractivity contribution < 1.29 is 0 Å². The molecule has 2 N–H and O–H groups in total. The number of aryl methyl sites for hydroxylation is 1. The molecule has 0 fully saturated rings. The van der Waals surface area contributed by atoms with E-state index in [1.165, 1.54) is 10.4 Å². The first-order chi connectivity index (χ1) is 6.68. The Balaban J connectivity index is 2.62. The van der Waals surface area contributed by atoms with Crippen LogP contribution >= 0.6 is 22.9 Å². The Morgan fingerprint density at radius 3 is 2.64 bits per heavy atom. The molecule has 0 atom stereocenters. The lowest BCUT2D eigenvalue weighted by atomic mass is 10.1. The molecule has 0 aliphatic carbocycles. The molecule has 1 aromatic carbocycles. The maximum absolute atomic E-state index is 5.93. The Hall–Kier alpha value is -0.990. The van der Waals surface area contributed by atoms with E-state index in [1.54, 1.807) is 11.3 Å². The van der Waals surface area contributed by atoms with Crippen molar-refractivity contribution in [1.82, 2.24) is 0 Å². The zero-order valence-electron chi connectivity index (χ0n) is 7.75. The van der Waals surface area contributed by atoms with Crippen LogP contribution < -0.4 is 5.73 Å². The van der Waals surface area contributed by atoms with Gasteiger partial charge in [0.1, 0.15) is 0 Å². The van der Waals surface area contributed by atoms with Crippen LogP contribution in [0.2, 0.25) is 5.02 Å². The molecule has 0 aliphatic rings. The highest BCUT2D eigenvalue weighted by Gasteiger charge is 2.06. The van der Waals surface area contributed by atoms with Crippen molar-refractivity contribution in [3.05, 3.63) is 39.5 Å². The number of hydrogen-bond donors (Lipinski definition) is 1. The number of thiophene rings is 1. The fourth-order valence-electron chi connectivity index (χ4n) is 1.43. The van der Waals surface area contributed by atoms with E-state index in [1.807, 2.05) is 18.2 Å². The number of anilines is 1. The van der Waals surface area contributed by atoms with Gasteiger partial charge in [0.15, 0.2) is 0 Å². The van der Waals surface area contributed by atoms with Gasteiger partial charge in [-0.2, -0.15) is 0 Å². The Bertz CT molecular complexity index is 462. The highest BCUT2D eigenvalue weighted by atomic mass is 35.5. The molecule has 0 spiro atoms. The monoisotopic (exact) mass is 223 g/mol. The first-order valence-corrected chi connectivity index (χ1v) is 5.54. The van der Waals surface area contributed by atoms with Gasteiger partial charge in [-0.15, -0.1) is 11.3 Å². The molecule has 72 valence electrons. The largest absolute Gasteiger partial charge is 0.398 e. The molecule has 2 aromatic rings. The minimum absolute atomic E-state index is 0.722. The molecule has 1 nitrogen and oxygen atoms in total. The number of hydrogen-bond acceptors (Lipinski definition) is 2. The summed E-state index contributed by atoms with van der Waals surface area (Å²) in [6.07, 6.45) is 0. The number of halogens is 1. The minimum atomic E-state index is 0.722. The molecule has 14 heavy (non-hydrogen) atoms. The molecule has 0 radical (unpaired) electrons. The lowest BCUT2D eigenvalue weighted by Crippen LogP contribution is -1.89. The maximum atomic E-state index is 5.93. The summed E-state index contributed by atoms with van der Waals surface area (Å²) in [5.74, 6) is 0. The molecule has 3 heteroatoms. The lowest BCUT2D eigenvalue weighted by Gasteiger charge is -2.05. The Morgan fingerprint density at radius 1 is 1.21 bits per heavy atom. The third-order valence-corrected chi connectivity index (χ3v) is 3.25. The molecule has 1 aromatic heterocycles. The quantitative estimate of drug-likeness (QED) is 0.728. The zero-order valence-corrected chi connectivity index (χ0v) is 9.32. The fourth-order valence-corrected chi connectivity index (χ4v) is 2.31. The molecular formula is C11H10ClNS. The van der Waals surface area contributed by atoms with Gasteiger partial charge in [0.05, 0.1) is 0 Å². The second-order valence-electron chi connectivity index (χ2n) is 3.12. The summed E-state index contributed by atoms with van der Waals surface area (Å²) in [6.45, 7) is 2.08. The van der Waals surface area contributed by atoms with E-state index >= 15 is 0 Å². The van der Waals surface area contributed by atoms with E-state index in [0.29, 0.717) is 0 Å². The van der Waals surface area contributed by atoms with Crippen LogP contribution in [0, 0.1) is 6.92 Å². The van der Waals surface area contributed by atoms with E-state index in [2.05, 4.69) is 18.4 Å². The highest BCUT2D eigenvalue weighted by molar-refractivity contribution is 7.10. The number of nitrogen functional groups attached to an aromatic ring is 1. The van der Waals surface area contributed by atoms with Crippen molar-refractivity contribution in [2.45, 2.75) is 6.92 Å². The van der Waals surface area contributed by atoms with Crippen molar-refractivity contribution in [2.75, 3.05) is 5.73 Å². The minimum Gasteiger partial charge on any atom is -0.398 e. The molecule has 0 aliphatic heterocycles. The van der Waals surface area contributed by atoms with Gasteiger partial charge in [-0.25, -0.2) is 0 Å². The summed E-state index contributed by atoms with van der Waals surface area (Å²) in [4.78, 5) is 1.26. The van der Waals surface area contributed by atoms with Crippen LogP contribution in [0.25, 0.3) is 11.1 Å². The number of nitrogens with two attached hydrogens (primary N) is 1. The predicted molar refractivity (Wildman–Crippen MR) is 63.9 cm³/mol. The van der Waals surface area contributed by atoms with Crippen LogP contribution in [0.4, 0.5) is 5.69 Å². The standard InChI is InChI=1S/C11H10ClNS/c1-7-9(4-5-14-7)10-6-8(12)2-3-11(10)13/h2-6H,13H2,1H3. The van der Waals surface area contributed by atoms with E-state index < -0.39 is 0 Å². The van der Waals surface area contributed by atoms with Crippen LogP contribution in [-0.4, -0.2) is 0 Å². The van der Waals surface area contributed by atoms with Crippen molar-refractivity contribution in [1.29, 1.82) is 0 Å². The summed E-state index contributed by atoms with van der Waals surface area (Å²) < 4.78 is 0. The van der Waals surface area contributed by atoms with E-state index in [0.717, 1.165) is 16.3 Å². The Kier molecular flexibility index (Phi) is 2.48. The fraction of sp³-hybridized carbons (Fsp3) is 0.0909. The van der Waals surface area contributed by atoms with E-state index in [-0.39, 0.29) is 0 Å². The van der Waals surface area contributed by atoms with Crippen LogP contribution in [0.15, 0.2) is 29.6 Å². The summed E-state index contributed by atoms with van der Waals surface area (Å²) in [5.41, 5.74) is 8.87. The molecule has 2 rings (SSSR count). The van der Waals surface area contributed by atoms with E-state index in [4.69, 9.17) is 17.3 Å². The summed E-state index contributed by atoms with van der Waals surface area (Å²) >= 11 is 7.65. The van der Waals surface area contributed by atoms with Gasteiger partial charge >= 0.3 is 0 Å². The van der Waals surface area contributed by atoms with Crippen LogP contribution in [-0.2, 0) is 0 Å². The third kappa shape index (κ3) is 1.63. The van der Waals surface area contributed by atoms with Crippen LogP contribution in [0.1, 0.15) is 4.88 Å². The second-order valence-corrected chi connectivity index (χ2v) is 4.68. The molecule has 0 saturated heterocycles. The van der Waals surface area contributed by atoms with Gasteiger partial charge in [0.2, 0.25) is 0 Å². The van der Waals surface area contributed by atoms with Gasteiger partial charge in [0.25, 0.3) is 0 Å². The number of rotatable bonds is 1. The molecule has 1 heterocycles. The summed E-state index contributed by atoms with van der Waals surface area (Å²) in [6, 6.07) is 7.63. The third-order valence-electron chi connectivity index (χ3n) is 2.16. The average molecular weight is 224 g/mol. The molecule has 0 saturated carbocycles. The number of benzene rings is 1. The van der Waals surface area contributed by atoms with Gasteiger partial charge in [0, 0.05) is 21.2 Å². The molecule has 0 bridgehead atoms. The zero-order chi connectivity index (χ0) is 10.1. The van der Waals surface area contributed by atoms with Crippen molar-refractivity contribution in [3.8, 4) is 11.1 Å². The van der Waals surface area contributed by atoms with E-state index in [9.17, 15) is 0 Å². The predicted octanol–water partition coefficient (Wildman–Crippen LogP) is 3.96. The highest BCUT2D eigenvalue weighted by Crippen LogP contribution is 2.33. The van der Waals surface area contributed by atoms with Gasteiger partial charge in [-0.1, -0.05) is 11.6 Å². The van der Waals surface area contributed by atoms with Crippen LogP contribution in [0.5, 0.6) is 0 Å². The molecule has 0 unspecified atom stereocenters. The Labute approximate surface area is 92.1 Å². The first-order valence-electron chi connectivity index (χ1n) is 4.28. The maximum Gasteiger partial charge on any atom is 0.0413 e. The van der Waals surface area contributed by atoms with Crippen molar-refractivity contribution >= 4 is 28.6 Å². The normalized spacial score (nSPS) is 10.4. The lowest BCUT2D eigenvalue weighted by molar-refractivity contribution is 1.58. The Morgan fingerprint density at radius 2 is 2.00 bits per heavy atom. The topological polar surface area (TPSA) is 26.0 Å². The SMILES string of the molecule is Cc1sccc1-c1cc(Cl)ccc1N. The smallest absolute Gasteiger partial charge is 0.0413 e. The average Bonchev–Trinajstić information content (AvgIpc) is 2.56. The first kappa shape index (κ1) is 9.56. The van der Waals surface area contributed by atoms with Gasteiger partial charge in [-0.3, -0.25) is 0 Å². The van der Waals surface area contributed by atoms with Crippen LogP contribution in [0.3, 0.4) is 0 Å². The second kappa shape index (κ2) is 3.64. The summed E-state index contributed by atoms with van der Waals surface area (Å²) in [5, 5.41) is 2.78. The van der Waals surface area contributed by atoms with Gasteiger partial charge in [-0.05, 0) is 42.1 Å². The summed E-state index contributed by atoms with van der Waals surface area (Å²) in [7, 11) is 0. The van der Waals surface area contributed by atoms with Crippen molar-refractivity contribution in [2.24, 2.45) is 0 Å².